The Balaban J connectivity index is 0.000000778. The molecule has 0 amide bonds. The molecule has 0 unspecified atom stereocenters. The third-order valence-corrected chi connectivity index (χ3v) is 17.5. The SMILES string of the molecule is CC#N.CCCc1nnc(-c2cccc(-c3nnc(CCC)c(CCC)n3)n2)nc1CCC.CCCc1nnc(-c2cccc(-c3nnc(CCC)c(CCC)n3)n2)nc1CCC.CCCc1nnc(-c2cccc(-c3nnc(CCC)c(CCC)n3)n2)nc1CCC.CCOCC.O=S(=O)([O-])C(F)(F)F.O=S(=O)([O-])C(F)(F)F.O=S(=O)([O-])C(F)(F)F.[Gd+3]. The van der Waals surface area contributed by atoms with E-state index in [2.05, 4.69) is 144 Å². The van der Waals surface area contributed by atoms with Crippen LogP contribution in [0.2, 0.25) is 0 Å². The van der Waals surface area contributed by atoms with Gasteiger partial charge in [0, 0.05) is 20.1 Å². The van der Waals surface area contributed by atoms with E-state index < -0.39 is 46.9 Å². The van der Waals surface area contributed by atoms with Gasteiger partial charge in [0.1, 0.15) is 34.2 Å². The summed E-state index contributed by atoms with van der Waals surface area (Å²) in [5.41, 5.74) is -0.827. The van der Waals surface area contributed by atoms with E-state index in [-0.39, 0.29) is 39.9 Å². The number of alkyl halides is 9. The van der Waals surface area contributed by atoms with Gasteiger partial charge in [-0.05, 0) is 127 Å². The number of aromatic nitrogens is 21. The number of rotatable bonds is 32. The van der Waals surface area contributed by atoms with Gasteiger partial charge in [-0.15, -0.1) is 30.6 Å². The second kappa shape index (κ2) is 57.8. The molecule has 677 valence electrons. The van der Waals surface area contributed by atoms with Gasteiger partial charge >= 0.3 is 56.5 Å². The first-order valence-electron chi connectivity index (χ1n) is 39.9. The molecule has 9 heterocycles. The van der Waals surface area contributed by atoms with Crippen molar-refractivity contribution < 1.29 is 123 Å². The van der Waals surface area contributed by atoms with Crippen LogP contribution in [0, 0.1) is 51.3 Å². The van der Waals surface area contributed by atoms with E-state index in [9.17, 15) is 39.5 Å². The molecule has 0 aliphatic heterocycles. The molecule has 0 atom stereocenters. The van der Waals surface area contributed by atoms with E-state index in [1.54, 1.807) is 6.07 Å². The summed E-state index contributed by atoms with van der Waals surface area (Å²) in [5.74, 6) is 3.27. The van der Waals surface area contributed by atoms with Crippen LogP contribution in [-0.4, -0.2) is 175 Å². The quantitative estimate of drug-likeness (QED) is 0.0215. The maximum atomic E-state index is 10.7. The molecule has 9 rings (SSSR count). The maximum absolute atomic E-state index is 10.7. The van der Waals surface area contributed by atoms with E-state index in [1.165, 1.54) is 6.92 Å². The molecule has 0 saturated carbocycles. The van der Waals surface area contributed by atoms with E-state index >= 15 is 0 Å². The molecular formula is C78H106F9GdN22O10S3. The van der Waals surface area contributed by atoms with Gasteiger partial charge in [-0.25, -0.2) is 70.1 Å². The number of ether oxygens (including phenoxy) is 1. The summed E-state index contributed by atoms with van der Waals surface area (Å²) in [6, 6.07) is 19.0. The Kier molecular flexibility index (Phi) is 52.8. The van der Waals surface area contributed by atoms with Crippen molar-refractivity contribution >= 4 is 30.4 Å². The van der Waals surface area contributed by atoms with Crippen molar-refractivity contribution in [3.63, 3.8) is 0 Å². The van der Waals surface area contributed by atoms with E-state index in [0.717, 1.165) is 236 Å². The molecule has 1 radical (unpaired) electrons. The number of pyridine rings is 3. The molecule has 0 N–H and O–H groups in total. The number of nitrogens with zero attached hydrogens (tertiary/aromatic N) is 22. The molecule has 0 aromatic carbocycles. The summed E-state index contributed by atoms with van der Waals surface area (Å²) >= 11 is 0. The van der Waals surface area contributed by atoms with Crippen molar-refractivity contribution in [1.29, 1.82) is 5.26 Å². The fraction of sp³-hybridized carbons (Fsp3) is 0.564. The first-order chi connectivity index (χ1) is 57.7. The standard InChI is InChI=1S/3C23H31N7.C4H10O.C2H3N.3CHF3O3S.Gd/c3*1-5-10-16-18(12-7-3)27-29-22(25-16)20-14-9-15-21(24-20)23-26-17(11-6-2)19(13-8-4)28-30-23;1-3-5-4-2;1-2-3;3*2-1(3,4)8(5,6)7;/h3*9,14-15H,5-8,10-13H2,1-4H3;3-4H2,1-2H3;1H3;3*(H,5,6,7);/q;;;;;;;;+3/p-3. The Morgan fingerprint density at radius 3 is 0.496 bits per heavy atom. The number of hydrogen-bond acceptors (Lipinski definition) is 32. The van der Waals surface area contributed by atoms with Crippen LogP contribution >= 0.6 is 0 Å². The predicted octanol–water partition coefficient (Wildman–Crippen LogP) is 15.5. The van der Waals surface area contributed by atoms with Gasteiger partial charge in [-0.3, -0.25) is 0 Å². The van der Waals surface area contributed by atoms with Crippen molar-refractivity contribution in [1.82, 2.24) is 106 Å². The summed E-state index contributed by atoms with van der Waals surface area (Å²) in [6.07, 6.45) is 23.0. The summed E-state index contributed by atoms with van der Waals surface area (Å²) in [6.45, 7) is 32.8. The molecule has 45 heteroatoms. The van der Waals surface area contributed by atoms with Gasteiger partial charge in [0.25, 0.3) is 0 Å². The maximum Gasteiger partial charge on any atom is 3.00 e. The fourth-order valence-electron chi connectivity index (χ4n) is 10.4. The Morgan fingerprint density at radius 2 is 0.398 bits per heavy atom. The van der Waals surface area contributed by atoms with Crippen LogP contribution in [-0.2, 0) is 112 Å². The second-order valence-electron chi connectivity index (χ2n) is 26.1. The molecule has 0 fully saturated rings. The normalized spacial score (nSPS) is 11.2. The van der Waals surface area contributed by atoms with Crippen molar-refractivity contribution in [2.45, 2.75) is 274 Å². The van der Waals surface area contributed by atoms with Crippen molar-refractivity contribution in [3.05, 3.63) is 123 Å². The summed E-state index contributed by atoms with van der Waals surface area (Å²) in [7, 11) is -18.3. The Morgan fingerprint density at radius 1 is 0.276 bits per heavy atom. The Hall–Kier alpha value is -8.62. The van der Waals surface area contributed by atoms with Gasteiger partial charge in [-0.1, -0.05) is 178 Å². The molecule has 0 aliphatic rings. The summed E-state index contributed by atoms with van der Waals surface area (Å²) < 4.78 is 182. The monoisotopic (exact) mass is 1940 g/mol. The zero-order valence-electron chi connectivity index (χ0n) is 71.5. The Bertz CT molecular complexity index is 4350. The predicted molar refractivity (Wildman–Crippen MR) is 434 cm³/mol. The van der Waals surface area contributed by atoms with Crippen LogP contribution < -0.4 is 0 Å². The zero-order chi connectivity index (χ0) is 91.9. The van der Waals surface area contributed by atoms with Gasteiger partial charge in [0.05, 0.1) is 74.4 Å². The smallest absolute Gasteiger partial charge is 0.741 e. The minimum atomic E-state index is -6.09. The molecule has 32 nitrogen and oxygen atoms in total. The first kappa shape index (κ1) is 112. The second-order valence-corrected chi connectivity index (χ2v) is 30.2. The van der Waals surface area contributed by atoms with Crippen LogP contribution in [0.4, 0.5) is 39.5 Å². The number of nitriles is 1. The number of hydrogen-bond donors (Lipinski definition) is 0. The van der Waals surface area contributed by atoms with E-state index in [1.807, 2.05) is 68.4 Å². The molecule has 0 spiro atoms. The summed E-state index contributed by atoms with van der Waals surface area (Å²) in [4.78, 5) is 42.9. The van der Waals surface area contributed by atoms with Gasteiger partial charge < -0.3 is 18.4 Å². The average Bonchev–Trinajstić information content (AvgIpc) is 0.813. The molecule has 9 aromatic rings. The van der Waals surface area contributed by atoms with Crippen molar-refractivity contribution in [2.75, 3.05) is 13.2 Å². The fourth-order valence-corrected chi connectivity index (χ4v) is 10.4. The molecule has 0 aliphatic carbocycles. The van der Waals surface area contributed by atoms with Crippen LogP contribution in [0.15, 0.2) is 54.6 Å². The van der Waals surface area contributed by atoms with Gasteiger partial charge in [0.15, 0.2) is 30.4 Å². The average molecular weight is 1940 g/mol. The largest absolute Gasteiger partial charge is 3.00 e. The molecule has 0 saturated heterocycles. The zero-order valence-corrected chi connectivity index (χ0v) is 76.2. The molecule has 0 bridgehead atoms. The number of halogens is 9. The topological polar surface area (TPSA) is 475 Å². The minimum absolute atomic E-state index is 0. The van der Waals surface area contributed by atoms with Gasteiger partial charge in [-0.2, -0.15) is 75.4 Å². The van der Waals surface area contributed by atoms with E-state index in [0.29, 0.717) is 69.1 Å². The van der Waals surface area contributed by atoms with Crippen LogP contribution in [0.25, 0.3) is 69.1 Å². The third kappa shape index (κ3) is 39.6. The van der Waals surface area contributed by atoms with Crippen LogP contribution in [0.5, 0.6) is 0 Å². The van der Waals surface area contributed by atoms with Crippen LogP contribution in [0.1, 0.15) is 249 Å². The molecule has 9 aromatic heterocycles. The van der Waals surface area contributed by atoms with Gasteiger partial charge in [0.2, 0.25) is 34.9 Å². The van der Waals surface area contributed by atoms with Crippen LogP contribution in [0.3, 0.4) is 0 Å². The first-order valence-corrected chi connectivity index (χ1v) is 44.1. The van der Waals surface area contributed by atoms with Crippen molar-refractivity contribution in [2.24, 2.45) is 0 Å². The number of aryl methyl sites for hydroxylation is 12. The van der Waals surface area contributed by atoms with E-state index in [4.69, 9.17) is 93.8 Å². The van der Waals surface area contributed by atoms with Crippen molar-refractivity contribution in [3.8, 4) is 75.2 Å². The molecular weight excluding hydrogens is 1830 g/mol. The molecule has 123 heavy (non-hydrogen) atoms. The summed E-state index contributed by atoms with van der Waals surface area (Å²) in [5, 5.41) is 60.1. The third-order valence-electron chi connectivity index (χ3n) is 15.8. The Labute approximate surface area is 745 Å². The minimum Gasteiger partial charge on any atom is -0.741 e.